The van der Waals surface area contributed by atoms with Crippen LogP contribution in [0.25, 0.3) is 0 Å². The average Bonchev–Trinajstić information content (AvgIpc) is 3.03. The summed E-state index contributed by atoms with van der Waals surface area (Å²) in [7, 11) is 0. The second kappa shape index (κ2) is 12.7. The van der Waals surface area contributed by atoms with E-state index in [1.54, 1.807) is 6.08 Å². The number of amides is 1. The van der Waals surface area contributed by atoms with Crippen LogP contribution in [0.2, 0.25) is 5.02 Å². The van der Waals surface area contributed by atoms with Gasteiger partial charge < -0.3 is 14.7 Å². The Kier molecular flexibility index (Phi) is 10.2. The molecule has 0 spiro atoms. The number of hydrogen-bond donors (Lipinski definition) is 1. The molecule has 1 N–H and O–H groups in total. The van der Waals surface area contributed by atoms with Crippen LogP contribution in [0, 0.1) is 0 Å². The number of unbranched alkanes of at least 4 members (excludes halogenated alkanes) is 3. The van der Waals surface area contributed by atoms with Gasteiger partial charge in [-0.2, -0.15) is 0 Å². The second-order valence-corrected chi connectivity index (χ2v) is 7.89. The third-order valence-electron chi connectivity index (χ3n) is 5.10. The number of likely N-dealkylation sites (tertiary alicyclic amines) is 1. The maximum atomic E-state index is 12.2. The number of carbonyl (C=O) groups excluding carboxylic acids is 2. The molecule has 160 valence electrons. The van der Waals surface area contributed by atoms with E-state index in [9.17, 15) is 14.7 Å². The highest BCUT2D eigenvalue weighted by Gasteiger charge is 2.28. The molecule has 2 rings (SSSR count). The van der Waals surface area contributed by atoms with Gasteiger partial charge in [-0.05, 0) is 43.9 Å². The standard InChI is InChI=1S/C23H32ClNO4/c1-2-29-23(28)10-5-3-4-6-15-25-20(12-14-22(25)27)11-13-21(26)17-18-8-7-9-19(24)16-18/h7-9,11,13,16,20-21,26H,2-6,10,12,14-15,17H2,1H3/b13-11+. The minimum absolute atomic E-state index is 0.0519. The molecule has 2 atom stereocenters. The zero-order valence-electron chi connectivity index (χ0n) is 17.2. The first-order valence-electron chi connectivity index (χ1n) is 10.6. The van der Waals surface area contributed by atoms with Gasteiger partial charge in [0.15, 0.2) is 0 Å². The molecular weight excluding hydrogens is 390 g/mol. The van der Waals surface area contributed by atoms with E-state index in [-0.39, 0.29) is 17.9 Å². The number of hydrogen-bond acceptors (Lipinski definition) is 4. The van der Waals surface area contributed by atoms with Gasteiger partial charge in [-0.15, -0.1) is 0 Å². The molecule has 5 nitrogen and oxygen atoms in total. The molecule has 1 fully saturated rings. The van der Waals surface area contributed by atoms with Crippen molar-refractivity contribution in [2.75, 3.05) is 13.2 Å². The van der Waals surface area contributed by atoms with Gasteiger partial charge in [0.05, 0.1) is 18.8 Å². The summed E-state index contributed by atoms with van der Waals surface area (Å²) in [6, 6.07) is 7.53. The zero-order chi connectivity index (χ0) is 21.1. The molecule has 0 saturated carbocycles. The molecule has 0 aliphatic carbocycles. The molecule has 0 aromatic heterocycles. The second-order valence-electron chi connectivity index (χ2n) is 7.45. The average molecular weight is 422 g/mol. The number of nitrogens with zero attached hydrogens (tertiary/aromatic N) is 1. The smallest absolute Gasteiger partial charge is 0.305 e. The van der Waals surface area contributed by atoms with Crippen molar-refractivity contribution in [3.05, 3.63) is 47.0 Å². The Morgan fingerprint density at radius 1 is 1.34 bits per heavy atom. The molecule has 1 aliphatic rings. The molecule has 0 radical (unpaired) electrons. The summed E-state index contributed by atoms with van der Waals surface area (Å²) in [5, 5.41) is 11.0. The summed E-state index contributed by atoms with van der Waals surface area (Å²) in [6.07, 6.45) is 9.15. The van der Waals surface area contributed by atoms with Gasteiger partial charge in [0.25, 0.3) is 0 Å². The third kappa shape index (κ3) is 8.58. The van der Waals surface area contributed by atoms with Crippen LogP contribution in [0.15, 0.2) is 36.4 Å². The van der Waals surface area contributed by atoms with Gasteiger partial charge in [-0.25, -0.2) is 0 Å². The first-order valence-corrected chi connectivity index (χ1v) is 10.9. The largest absolute Gasteiger partial charge is 0.466 e. The lowest BCUT2D eigenvalue weighted by Gasteiger charge is -2.22. The number of aliphatic hydroxyl groups is 1. The number of esters is 1. The lowest BCUT2D eigenvalue weighted by molar-refractivity contribution is -0.143. The van der Waals surface area contributed by atoms with Gasteiger partial charge >= 0.3 is 5.97 Å². The Bertz CT molecular complexity index is 691. The fourth-order valence-electron chi connectivity index (χ4n) is 3.61. The molecule has 1 saturated heterocycles. The maximum absolute atomic E-state index is 12.2. The Morgan fingerprint density at radius 2 is 2.14 bits per heavy atom. The predicted octanol–water partition coefficient (Wildman–Crippen LogP) is 4.30. The Labute approximate surface area is 178 Å². The molecule has 2 unspecified atom stereocenters. The molecular formula is C23H32ClNO4. The van der Waals surface area contributed by atoms with Crippen LogP contribution < -0.4 is 0 Å². The predicted molar refractivity (Wildman–Crippen MR) is 115 cm³/mol. The highest BCUT2D eigenvalue weighted by Crippen LogP contribution is 2.21. The molecule has 0 bridgehead atoms. The SMILES string of the molecule is CCOC(=O)CCCCCCN1C(=O)CCC1/C=C/C(O)Cc1cccc(Cl)c1. The first-order chi connectivity index (χ1) is 14.0. The van der Waals surface area contributed by atoms with Crippen molar-refractivity contribution in [1.29, 1.82) is 0 Å². The summed E-state index contributed by atoms with van der Waals surface area (Å²) in [5.41, 5.74) is 0.983. The van der Waals surface area contributed by atoms with Crippen LogP contribution in [0.1, 0.15) is 57.4 Å². The van der Waals surface area contributed by atoms with Crippen LogP contribution in [0.5, 0.6) is 0 Å². The molecule has 29 heavy (non-hydrogen) atoms. The van der Waals surface area contributed by atoms with E-state index < -0.39 is 6.10 Å². The van der Waals surface area contributed by atoms with E-state index in [4.69, 9.17) is 16.3 Å². The Morgan fingerprint density at radius 3 is 2.90 bits per heavy atom. The van der Waals surface area contributed by atoms with E-state index in [0.29, 0.717) is 30.9 Å². The maximum Gasteiger partial charge on any atom is 0.305 e. The van der Waals surface area contributed by atoms with E-state index in [1.165, 1.54) is 0 Å². The zero-order valence-corrected chi connectivity index (χ0v) is 17.9. The number of carbonyl (C=O) groups is 2. The fourth-order valence-corrected chi connectivity index (χ4v) is 3.83. The topological polar surface area (TPSA) is 66.8 Å². The normalized spacial score (nSPS) is 17.8. The summed E-state index contributed by atoms with van der Waals surface area (Å²) < 4.78 is 4.92. The van der Waals surface area contributed by atoms with Crippen LogP contribution >= 0.6 is 11.6 Å². The lowest BCUT2D eigenvalue weighted by atomic mass is 10.1. The van der Waals surface area contributed by atoms with E-state index in [2.05, 4.69) is 0 Å². The summed E-state index contributed by atoms with van der Waals surface area (Å²) in [6.45, 7) is 2.96. The van der Waals surface area contributed by atoms with E-state index in [0.717, 1.165) is 44.2 Å². The summed E-state index contributed by atoms with van der Waals surface area (Å²) in [4.78, 5) is 25.4. The third-order valence-corrected chi connectivity index (χ3v) is 5.33. The van der Waals surface area contributed by atoms with Gasteiger partial charge in [0.1, 0.15) is 0 Å². The van der Waals surface area contributed by atoms with Crippen LogP contribution in [-0.4, -0.2) is 47.2 Å². The van der Waals surface area contributed by atoms with Crippen molar-refractivity contribution in [3.8, 4) is 0 Å². The van der Waals surface area contributed by atoms with Crippen LogP contribution in [0.4, 0.5) is 0 Å². The number of halogens is 1. The highest BCUT2D eigenvalue weighted by molar-refractivity contribution is 6.30. The molecule has 6 heteroatoms. The van der Waals surface area contributed by atoms with Crippen molar-refractivity contribution in [1.82, 2.24) is 4.90 Å². The highest BCUT2D eigenvalue weighted by atomic mass is 35.5. The number of ether oxygens (including phenoxy) is 1. The minimum Gasteiger partial charge on any atom is -0.466 e. The van der Waals surface area contributed by atoms with Gasteiger partial charge in [0.2, 0.25) is 5.91 Å². The van der Waals surface area contributed by atoms with Crippen molar-refractivity contribution in [3.63, 3.8) is 0 Å². The van der Waals surface area contributed by atoms with E-state index in [1.807, 2.05) is 42.2 Å². The molecule has 1 heterocycles. The van der Waals surface area contributed by atoms with Crippen molar-refractivity contribution < 1.29 is 19.4 Å². The molecule has 1 amide bonds. The summed E-state index contributed by atoms with van der Waals surface area (Å²) >= 11 is 5.99. The number of rotatable bonds is 12. The van der Waals surface area contributed by atoms with Crippen LogP contribution in [0.3, 0.4) is 0 Å². The minimum atomic E-state index is -0.603. The van der Waals surface area contributed by atoms with Crippen molar-refractivity contribution in [2.24, 2.45) is 0 Å². The Hall–Kier alpha value is -1.85. The van der Waals surface area contributed by atoms with E-state index >= 15 is 0 Å². The Balaban J connectivity index is 1.72. The molecule has 1 aromatic rings. The van der Waals surface area contributed by atoms with Gasteiger partial charge in [-0.3, -0.25) is 9.59 Å². The lowest BCUT2D eigenvalue weighted by Crippen LogP contribution is -2.32. The van der Waals surface area contributed by atoms with Gasteiger partial charge in [-0.1, -0.05) is 48.7 Å². The quantitative estimate of drug-likeness (QED) is 0.310. The fraction of sp³-hybridized carbons (Fsp3) is 0.565. The monoisotopic (exact) mass is 421 g/mol. The first kappa shape index (κ1) is 23.4. The van der Waals surface area contributed by atoms with Crippen molar-refractivity contribution in [2.45, 2.75) is 70.4 Å². The van der Waals surface area contributed by atoms with Gasteiger partial charge in [0, 0.05) is 30.8 Å². The number of aliphatic hydroxyl groups excluding tert-OH is 1. The van der Waals surface area contributed by atoms with Crippen LogP contribution in [-0.2, 0) is 20.7 Å². The molecule has 1 aromatic carbocycles. The van der Waals surface area contributed by atoms with Crippen molar-refractivity contribution >= 4 is 23.5 Å². The summed E-state index contributed by atoms with van der Waals surface area (Å²) in [5.74, 6) is 0.0410. The number of benzene rings is 1. The molecule has 1 aliphatic heterocycles.